The number of ether oxygens (including phenoxy) is 2. The summed E-state index contributed by atoms with van der Waals surface area (Å²) in [7, 11) is -2.61. The van der Waals surface area contributed by atoms with Gasteiger partial charge in [-0.05, 0) is 43.7 Å². The lowest BCUT2D eigenvalue weighted by Gasteiger charge is -2.31. The highest BCUT2D eigenvalue weighted by Gasteiger charge is 2.31. The Morgan fingerprint density at radius 1 is 1.07 bits per heavy atom. The third-order valence-electron chi connectivity index (χ3n) is 4.85. The minimum Gasteiger partial charge on any atom is -0.495 e. The molecule has 1 aliphatic rings. The van der Waals surface area contributed by atoms with Crippen molar-refractivity contribution in [1.82, 2.24) is 4.90 Å². The Kier molecular flexibility index (Phi) is 6.44. The fraction of sp³-hybridized carbons (Fsp3) is 0.381. The van der Waals surface area contributed by atoms with Gasteiger partial charge in [0.2, 0.25) is 5.91 Å². The van der Waals surface area contributed by atoms with E-state index in [1.165, 1.54) is 7.11 Å². The summed E-state index contributed by atoms with van der Waals surface area (Å²) in [6.07, 6.45) is 0. The predicted molar refractivity (Wildman–Crippen MR) is 111 cm³/mol. The molecule has 2 aromatic rings. The fourth-order valence-electron chi connectivity index (χ4n) is 3.17. The van der Waals surface area contributed by atoms with E-state index in [9.17, 15) is 13.2 Å². The molecule has 7 nitrogen and oxygen atoms in total. The minimum absolute atomic E-state index is 0.0374. The number of hydrogen-bond donors (Lipinski definition) is 0. The molecule has 0 aromatic heterocycles. The number of amides is 1. The molecular weight excluding hydrogens is 392 g/mol. The summed E-state index contributed by atoms with van der Waals surface area (Å²) < 4.78 is 39.0. The summed E-state index contributed by atoms with van der Waals surface area (Å²) in [5.74, 6) is -0.0180. The van der Waals surface area contributed by atoms with Crippen molar-refractivity contribution in [3.8, 4) is 5.75 Å². The van der Waals surface area contributed by atoms with Crippen LogP contribution >= 0.6 is 0 Å². The largest absolute Gasteiger partial charge is 0.495 e. The number of morpholine rings is 1. The van der Waals surface area contributed by atoms with Crippen LogP contribution in [0.25, 0.3) is 0 Å². The Balaban J connectivity index is 2.03. The Hall–Kier alpha value is -2.58. The molecule has 8 heteroatoms. The van der Waals surface area contributed by atoms with Gasteiger partial charge in [-0.2, -0.15) is 0 Å². The first-order chi connectivity index (χ1) is 13.8. The van der Waals surface area contributed by atoms with Crippen LogP contribution in [-0.4, -0.2) is 59.2 Å². The van der Waals surface area contributed by atoms with Crippen LogP contribution in [0.3, 0.4) is 0 Å². The first-order valence-corrected chi connectivity index (χ1v) is 10.9. The second kappa shape index (κ2) is 8.84. The zero-order chi connectivity index (χ0) is 21.0. The number of hydrogen-bond acceptors (Lipinski definition) is 5. The average Bonchev–Trinajstić information content (AvgIpc) is 2.73. The summed E-state index contributed by atoms with van der Waals surface area (Å²) in [5.41, 5.74) is 2.22. The van der Waals surface area contributed by atoms with Crippen LogP contribution in [-0.2, 0) is 19.6 Å². The molecule has 0 bridgehead atoms. The molecule has 0 spiro atoms. The van der Waals surface area contributed by atoms with Gasteiger partial charge < -0.3 is 14.4 Å². The number of benzene rings is 2. The quantitative estimate of drug-likeness (QED) is 0.720. The van der Waals surface area contributed by atoms with Crippen molar-refractivity contribution in [2.45, 2.75) is 18.7 Å². The number of carbonyl (C=O) groups is 1. The molecule has 0 saturated carbocycles. The number of sulfonamides is 1. The smallest absolute Gasteiger partial charge is 0.268 e. The lowest BCUT2D eigenvalue weighted by Crippen LogP contribution is -2.47. The van der Waals surface area contributed by atoms with Crippen LogP contribution in [0, 0.1) is 13.8 Å². The van der Waals surface area contributed by atoms with E-state index in [1.807, 2.05) is 26.0 Å². The van der Waals surface area contributed by atoms with Crippen LogP contribution in [0.2, 0.25) is 0 Å². The molecule has 0 atom stereocenters. The van der Waals surface area contributed by atoms with Gasteiger partial charge in [-0.25, -0.2) is 8.42 Å². The third-order valence-corrected chi connectivity index (χ3v) is 6.65. The van der Waals surface area contributed by atoms with Crippen LogP contribution in [0.5, 0.6) is 5.75 Å². The number of rotatable bonds is 6. The van der Waals surface area contributed by atoms with Crippen molar-refractivity contribution in [3.05, 3.63) is 53.6 Å². The molecule has 1 amide bonds. The van der Waals surface area contributed by atoms with E-state index in [4.69, 9.17) is 9.47 Å². The van der Waals surface area contributed by atoms with Crippen LogP contribution in [0.4, 0.5) is 5.69 Å². The molecule has 1 heterocycles. The van der Waals surface area contributed by atoms with Crippen molar-refractivity contribution in [3.63, 3.8) is 0 Å². The van der Waals surface area contributed by atoms with Gasteiger partial charge in [0.05, 0.1) is 26.0 Å². The fourth-order valence-corrected chi connectivity index (χ4v) is 4.82. The molecule has 29 heavy (non-hydrogen) atoms. The van der Waals surface area contributed by atoms with Gasteiger partial charge in [0, 0.05) is 13.1 Å². The van der Waals surface area contributed by atoms with Crippen molar-refractivity contribution in [2.24, 2.45) is 0 Å². The van der Waals surface area contributed by atoms with Gasteiger partial charge in [0.15, 0.2) is 0 Å². The van der Waals surface area contributed by atoms with E-state index in [-0.39, 0.29) is 23.1 Å². The molecule has 1 fully saturated rings. The molecule has 2 aromatic carbocycles. The second-order valence-corrected chi connectivity index (χ2v) is 8.83. The lowest BCUT2D eigenvalue weighted by molar-refractivity contribution is -0.133. The van der Waals surface area contributed by atoms with E-state index in [2.05, 4.69) is 0 Å². The maximum Gasteiger partial charge on any atom is 0.268 e. The third kappa shape index (κ3) is 4.71. The molecule has 0 unspecified atom stereocenters. The van der Waals surface area contributed by atoms with Gasteiger partial charge in [0.1, 0.15) is 17.2 Å². The number of nitrogens with zero attached hydrogens (tertiary/aromatic N) is 2. The van der Waals surface area contributed by atoms with E-state index in [0.717, 1.165) is 15.4 Å². The zero-order valence-electron chi connectivity index (χ0n) is 16.9. The topological polar surface area (TPSA) is 76.2 Å². The second-order valence-electron chi connectivity index (χ2n) is 6.99. The number of carbonyl (C=O) groups excluding carboxylic acids is 1. The maximum atomic E-state index is 13.6. The monoisotopic (exact) mass is 418 g/mol. The van der Waals surface area contributed by atoms with Crippen molar-refractivity contribution < 1.29 is 22.7 Å². The lowest BCUT2D eigenvalue weighted by atomic mass is 10.2. The first-order valence-electron chi connectivity index (χ1n) is 9.42. The van der Waals surface area contributed by atoms with Gasteiger partial charge in [-0.15, -0.1) is 0 Å². The highest BCUT2D eigenvalue weighted by molar-refractivity contribution is 7.93. The maximum absolute atomic E-state index is 13.6. The molecule has 0 radical (unpaired) electrons. The van der Waals surface area contributed by atoms with Crippen molar-refractivity contribution in [1.29, 1.82) is 0 Å². The molecular formula is C21H26N2O5S. The Labute approximate surface area is 171 Å². The number of methoxy groups -OCH3 is 1. The molecule has 3 rings (SSSR count). The SMILES string of the molecule is COc1ccc(C)cc1S(=O)(=O)N(CC(=O)N1CCOCC1)c1ccc(C)cc1. The summed E-state index contributed by atoms with van der Waals surface area (Å²) >= 11 is 0. The Bertz CT molecular complexity index is 967. The van der Waals surface area contributed by atoms with E-state index in [1.54, 1.807) is 35.2 Å². The minimum atomic E-state index is -4.04. The van der Waals surface area contributed by atoms with Gasteiger partial charge in [-0.3, -0.25) is 9.10 Å². The highest BCUT2D eigenvalue weighted by atomic mass is 32.2. The molecule has 1 aliphatic heterocycles. The normalized spacial score (nSPS) is 14.5. The molecule has 156 valence electrons. The summed E-state index contributed by atoms with van der Waals surface area (Å²) in [5, 5.41) is 0. The van der Waals surface area contributed by atoms with Crippen LogP contribution in [0.1, 0.15) is 11.1 Å². The highest BCUT2D eigenvalue weighted by Crippen LogP contribution is 2.31. The van der Waals surface area contributed by atoms with E-state index in [0.29, 0.717) is 32.0 Å². The van der Waals surface area contributed by atoms with Crippen LogP contribution < -0.4 is 9.04 Å². The summed E-state index contributed by atoms with van der Waals surface area (Å²) in [4.78, 5) is 14.6. The summed E-state index contributed by atoms with van der Waals surface area (Å²) in [6, 6.07) is 12.0. The van der Waals surface area contributed by atoms with Crippen LogP contribution in [0.15, 0.2) is 47.4 Å². The van der Waals surface area contributed by atoms with E-state index < -0.39 is 10.0 Å². The average molecular weight is 419 g/mol. The molecule has 0 aliphatic carbocycles. The van der Waals surface area contributed by atoms with Crippen molar-refractivity contribution >= 4 is 21.6 Å². The number of anilines is 1. The van der Waals surface area contributed by atoms with Crippen molar-refractivity contribution in [2.75, 3.05) is 44.3 Å². The number of aryl methyl sites for hydroxylation is 2. The molecule has 1 saturated heterocycles. The zero-order valence-corrected chi connectivity index (χ0v) is 17.7. The van der Waals surface area contributed by atoms with E-state index >= 15 is 0 Å². The Morgan fingerprint density at radius 3 is 2.31 bits per heavy atom. The standard InChI is InChI=1S/C21H26N2O5S/c1-16-4-7-18(8-5-16)23(15-21(24)22-10-12-28-13-11-22)29(25,26)20-14-17(2)6-9-19(20)27-3/h4-9,14H,10-13,15H2,1-3H3. The van der Waals surface area contributed by atoms with Gasteiger partial charge in [-0.1, -0.05) is 23.8 Å². The first kappa shape index (κ1) is 21.1. The molecule has 0 N–H and O–H groups in total. The summed E-state index contributed by atoms with van der Waals surface area (Å²) in [6.45, 7) is 5.26. The Morgan fingerprint density at radius 2 is 1.69 bits per heavy atom. The van der Waals surface area contributed by atoms with Gasteiger partial charge >= 0.3 is 0 Å². The predicted octanol–water partition coefficient (Wildman–Crippen LogP) is 2.37. The van der Waals surface area contributed by atoms with Gasteiger partial charge in [0.25, 0.3) is 10.0 Å².